The molecule has 0 saturated carbocycles. The average molecular weight is 441 g/mol. The Morgan fingerprint density at radius 3 is 1.97 bits per heavy atom. The standard InChI is InChI=1S/C25H25FO4S/c1-20(27)30-24(22-15-7-3-8-16-22)25(26,19-11-14-21-12-5-2-6-13-21)31(28,29)23-17-9-4-10-18-23/h2-10,12-13,15-18,24H,11,14,19H2,1H3. The van der Waals surface area contributed by atoms with Gasteiger partial charge in [0.2, 0.25) is 9.84 Å². The highest BCUT2D eigenvalue weighted by atomic mass is 32.2. The molecule has 0 N–H and O–H groups in total. The van der Waals surface area contributed by atoms with Crippen LogP contribution in [0.4, 0.5) is 4.39 Å². The first-order chi connectivity index (χ1) is 14.8. The number of carbonyl (C=O) groups is 1. The van der Waals surface area contributed by atoms with Crippen molar-refractivity contribution in [2.45, 2.75) is 42.2 Å². The molecular formula is C25H25FO4S. The summed E-state index contributed by atoms with van der Waals surface area (Å²) in [6.45, 7) is 1.15. The lowest BCUT2D eigenvalue weighted by molar-refractivity contribution is -0.152. The van der Waals surface area contributed by atoms with Crippen molar-refractivity contribution >= 4 is 15.8 Å². The van der Waals surface area contributed by atoms with E-state index in [0.717, 1.165) is 12.5 Å². The van der Waals surface area contributed by atoms with E-state index < -0.39 is 26.9 Å². The van der Waals surface area contributed by atoms with Gasteiger partial charge in [-0.3, -0.25) is 4.79 Å². The van der Waals surface area contributed by atoms with Gasteiger partial charge in [-0.1, -0.05) is 78.9 Å². The summed E-state index contributed by atoms with van der Waals surface area (Å²) in [7, 11) is -4.49. The van der Waals surface area contributed by atoms with Crippen LogP contribution < -0.4 is 0 Å². The number of sulfone groups is 1. The smallest absolute Gasteiger partial charge is 0.303 e. The molecule has 0 bridgehead atoms. The Balaban J connectivity index is 2.04. The second kappa shape index (κ2) is 9.88. The Morgan fingerprint density at radius 1 is 0.903 bits per heavy atom. The largest absolute Gasteiger partial charge is 0.453 e. The summed E-state index contributed by atoms with van der Waals surface area (Å²) in [5.74, 6) is -0.748. The van der Waals surface area contributed by atoms with E-state index in [1.54, 1.807) is 48.5 Å². The van der Waals surface area contributed by atoms with Gasteiger partial charge in [0, 0.05) is 13.3 Å². The van der Waals surface area contributed by atoms with Gasteiger partial charge in [0.1, 0.15) is 0 Å². The number of esters is 1. The monoisotopic (exact) mass is 440 g/mol. The first-order valence-electron chi connectivity index (χ1n) is 10.1. The lowest BCUT2D eigenvalue weighted by atomic mass is 9.98. The average Bonchev–Trinajstić information content (AvgIpc) is 2.79. The van der Waals surface area contributed by atoms with Crippen molar-refractivity contribution < 1.29 is 22.3 Å². The molecule has 0 saturated heterocycles. The van der Waals surface area contributed by atoms with Crippen LogP contribution in [0, 0.1) is 0 Å². The first-order valence-corrected chi connectivity index (χ1v) is 11.6. The molecule has 0 radical (unpaired) electrons. The fraction of sp³-hybridized carbons (Fsp3) is 0.240. The van der Waals surface area contributed by atoms with E-state index >= 15 is 4.39 Å². The number of ether oxygens (including phenoxy) is 1. The number of hydrogen-bond acceptors (Lipinski definition) is 4. The normalized spacial score (nSPS) is 14.4. The van der Waals surface area contributed by atoms with Crippen molar-refractivity contribution in [2.75, 3.05) is 0 Å². The number of rotatable bonds is 9. The van der Waals surface area contributed by atoms with Crippen molar-refractivity contribution in [1.82, 2.24) is 0 Å². The molecule has 0 amide bonds. The number of hydrogen-bond donors (Lipinski definition) is 0. The van der Waals surface area contributed by atoms with E-state index in [4.69, 9.17) is 4.74 Å². The molecule has 0 heterocycles. The van der Waals surface area contributed by atoms with Crippen LogP contribution >= 0.6 is 0 Å². The van der Waals surface area contributed by atoms with Gasteiger partial charge in [-0.2, -0.15) is 0 Å². The molecule has 0 aliphatic rings. The molecule has 31 heavy (non-hydrogen) atoms. The maximum Gasteiger partial charge on any atom is 0.303 e. The van der Waals surface area contributed by atoms with Crippen LogP contribution in [0.15, 0.2) is 95.9 Å². The predicted octanol–water partition coefficient (Wildman–Crippen LogP) is 5.45. The van der Waals surface area contributed by atoms with Crippen molar-refractivity contribution in [3.63, 3.8) is 0 Å². The zero-order chi connectivity index (χ0) is 22.3. The summed E-state index contributed by atoms with van der Waals surface area (Å²) in [5, 5.41) is -2.84. The van der Waals surface area contributed by atoms with Crippen LogP contribution in [0.3, 0.4) is 0 Å². The van der Waals surface area contributed by atoms with Gasteiger partial charge >= 0.3 is 5.97 Å². The van der Waals surface area contributed by atoms with E-state index in [0.29, 0.717) is 12.0 Å². The van der Waals surface area contributed by atoms with Gasteiger partial charge in [-0.25, -0.2) is 12.8 Å². The summed E-state index contributed by atoms with van der Waals surface area (Å²) >= 11 is 0. The van der Waals surface area contributed by atoms with E-state index in [1.165, 1.54) is 12.1 Å². The minimum absolute atomic E-state index is 0.148. The summed E-state index contributed by atoms with van der Waals surface area (Å²) < 4.78 is 49.2. The molecule has 4 nitrogen and oxygen atoms in total. The van der Waals surface area contributed by atoms with Gasteiger partial charge in [-0.05, 0) is 36.1 Å². The molecular weight excluding hydrogens is 415 g/mol. The fourth-order valence-electron chi connectivity index (χ4n) is 3.58. The maximum absolute atomic E-state index is 16.8. The van der Waals surface area contributed by atoms with Crippen LogP contribution in [0.2, 0.25) is 0 Å². The Morgan fingerprint density at radius 2 is 1.42 bits per heavy atom. The Labute approximate surface area is 182 Å². The lowest BCUT2D eigenvalue weighted by Gasteiger charge is -2.33. The molecule has 2 unspecified atom stereocenters. The van der Waals surface area contributed by atoms with Gasteiger partial charge in [0.15, 0.2) is 6.10 Å². The predicted molar refractivity (Wildman–Crippen MR) is 118 cm³/mol. The molecule has 3 rings (SSSR count). The number of carbonyl (C=O) groups excluding carboxylic acids is 1. The van der Waals surface area contributed by atoms with Gasteiger partial charge < -0.3 is 4.74 Å². The number of halogens is 1. The maximum atomic E-state index is 16.8. The van der Waals surface area contributed by atoms with E-state index in [2.05, 4.69) is 0 Å². The third-order valence-corrected chi connectivity index (χ3v) is 7.31. The summed E-state index contributed by atoms with van der Waals surface area (Å²) in [5.41, 5.74) is 1.27. The molecule has 0 spiro atoms. The lowest BCUT2D eigenvalue weighted by Crippen LogP contribution is -2.42. The molecule has 0 aliphatic carbocycles. The van der Waals surface area contributed by atoms with E-state index in [9.17, 15) is 13.2 Å². The molecule has 2 atom stereocenters. The molecule has 0 aromatic heterocycles. The first kappa shape index (κ1) is 22.7. The topological polar surface area (TPSA) is 60.4 Å². The van der Waals surface area contributed by atoms with Crippen molar-refractivity contribution in [1.29, 1.82) is 0 Å². The molecule has 0 fully saturated rings. The Hall–Kier alpha value is -2.99. The minimum Gasteiger partial charge on any atom is -0.453 e. The van der Waals surface area contributed by atoms with Gasteiger partial charge in [0.05, 0.1) is 4.90 Å². The van der Waals surface area contributed by atoms with Crippen LogP contribution in [0.1, 0.15) is 37.0 Å². The van der Waals surface area contributed by atoms with E-state index in [1.807, 2.05) is 30.3 Å². The minimum atomic E-state index is -4.49. The van der Waals surface area contributed by atoms with Crippen LogP contribution in [-0.4, -0.2) is 19.4 Å². The SMILES string of the molecule is CC(=O)OC(c1ccccc1)C(F)(CCCc1ccccc1)S(=O)(=O)c1ccccc1. The highest BCUT2D eigenvalue weighted by Crippen LogP contribution is 2.44. The van der Waals surface area contributed by atoms with Crippen LogP contribution in [0.5, 0.6) is 0 Å². The molecule has 3 aromatic carbocycles. The second-order valence-electron chi connectivity index (χ2n) is 7.34. The highest BCUT2D eigenvalue weighted by Gasteiger charge is 2.54. The quantitative estimate of drug-likeness (QED) is 0.415. The van der Waals surface area contributed by atoms with Gasteiger partial charge in [-0.15, -0.1) is 0 Å². The zero-order valence-corrected chi connectivity index (χ0v) is 18.1. The van der Waals surface area contributed by atoms with Crippen molar-refractivity contribution in [2.24, 2.45) is 0 Å². The fourth-order valence-corrected chi connectivity index (χ4v) is 5.37. The third kappa shape index (κ3) is 5.20. The Kier molecular flexibility index (Phi) is 7.23. The molecule has 0 aliphatic heterocycles. The highest BCUT2D eigenvalue weighted by molar-refractivity contribution is 7.92. The zero-order valence-electron chi connectivity index (χ0n) is 17.3. The Bertz CT molecular complexity index is 1090. The van der Waals surface area contributed by atoms with Crippen molar-refractivity contribution in [3.05, 3.63) is 102 Å². The van der Waals surface area contributed by atoms with E-state index in [-0.39, 0.29) is 17.7 Å². The molecule has 162 valence electrons. The molecule has 6 heteroatoms. The number of alkyl halides is 1. The number of aryl methyl sites for hydroxylation is 1. The third-order valence-electron chi connectivity index (χ3n) is 5.10. The van der Waals surface area contributed by atoms with Gasteiger partial charge in [0.25, 0.3) is 5.00 Å². The molecule has 3 aromatic rings. The summed E-state index contributed by atoms with van der Waals surface area (Å²) in [4.78, 5) is 11.7. The van der Waals surface area contributed by atoms with Crippen LogP contribution in [-0.2, 0) is 25.8 Å². The summed E-state index contributed by atoms with van der Waals surface area (Å²) in [6, 6.07) is 25.1. The summed E-state index contributed by atoms with van der Waals surface area (Å²) in [6.07, 6.45) is -1.16. The second-order valence-corrected chi connectivity index (χ2v) is 9.50. The number of benzene rings is 3. The van der Waals surface area contributed by atoms with Crippen molar-refractivity contribution in [3.8, 4) is 0 Å². The van der Waals surface area contributed by atoms with Crippen LogP contribution in [0.25, 0.3) is 0 Å².